The molecule has 282 valence electrons. The van der Waals surface area contributed by atoms with Gasteiger partial charge in [0.1, 0.15) is 0 Å². The molecule has 0 saturated carbocycles. The zero-order valence-electron chi connectivity index (χ0n) is 31.2. The normalized spacial score (nSPS) is 14.3. The zero-order valence-corrected chi connectivity index (χ0v) is 35.2. The van der Waals surface area contributed by atoms with Crippen molar-refractivity contribution in [3.05, 3.63) is 152 Å². The van der Waals surface area contributed by atoms with E-state index in [1.165, 1.54) is 87.2 Å². The molecule has 9 heteroatoms. The molecule has 4 aromatic carbocycles. The second-order valence-corrected chi connectivity index (χ2v) is 15.6. The fourth-order valence-electron chi connectivity index (χ4n) is 5.92. The van der Waals surface area contributed by atoms with Gasteiger partial charge in [0.05, 0.1) is 0 Å². The van der Waals surface area contributed by atoms with E-state index in [0.29, 0.717) is 25.7 Å². The van der Waals surface area contributed by atoms with E-state index in [0.717, 1.165) is 54.9 Å². The third-order valence-corrected chi connectivity index (χ3v) is 10.7. The van der Waals surface area contributed by atoms with Gasteiger partial charge in [-0.2, -0.15) is 34.9 Å². The fourth-order valence-corrected chi connectivity index (χ4v) is 6.74. The molecule has 0 saturated heterocycles. The van der Waals surface area contributed by atoms with Gasteiger partial charge >= 0.3 is 137 Å². The van der Waals surface area contributed by atoms with Crippen LogP contribution in [0.3, 0.4) is 0 Å². The zero-order chi connectivity index (χ0) is 37.9. The molecule has 2 aliphatic rings. The molecule has 0 bridgehead atoms. The van der Waals surface area contributed by atoms with Gasteiger partial charge in [-0.1, -0.05) is 83.4 Å². The van der Waals surface area contributed by atoms with Crippen molar-refractivity contribution in [3.8, 4) is 11.1 Å². The number of allylic oxidation sites excluding steroid dienone is 4. The Balaban J connectivity index is 0.000000281. The van der Waals surface area contributed by atoms with Gasteiger partial charge < -0.3 is 24.8 Å². The molecule has 0 aromatic heterocycles. The molecule has 0 nitrogen and oxygen atoms in total. The van der Waals surface area contributed by atoms with E-state index < -0.39 is 23.5 Å². The first kappa shape index (κ1) is 46.4. The van der Waals surface area contributed by atoms with Crippen molar-refractivity contribution >= 4 is 3.21 Å². The molecular formula is C44H44Cl2F6Zr-2. The molecular weight excluding hydrogens is 805 g/mol. The van der Waals surface area contributed by atoms with Crippen molar-refractivity contribution in [1.29, 1.82) is 0 Å². The summed E-state index contributed by atoms with van der Waals surface area (Å²) in [6, 6.07) is 19.7. The van der Waals surface area contributed by atoms with Gasteiger partial charge in [0.2, 0.25) is 0 Å². The predicted molar refractivity (Wildman–Crippen MR) is 192 cm³/mol. The SMILES string of the molecule is CCCC1[C-]=CC(C(C)(C)C)=C1.Cc1[c-]c2c(cc1C)-c1cc(C)c(C)cc1C2.FC(F)(F)c1ccc([C](=[Zr+2])c2ccc(C(F)(F)F)cc2)cc1.[Cl-].[Cl-]. The second-order valence-electron chi connectivity index (χ2n) is 14.3. The topological polar surface area (TPSA) is 0 Å². The molecule has 53 heavy (non-hydrogen) atoms. The molecule has 0 spiro atoms. The van der Waals surface area contributed by atoms with Crippen LogP contribution in [0, 0.1) is 51.2 Å². The summed E-state index contributed by atoms with van der Waals surface area (Å²) in [5.41, 5.74) is 12.4. The summed E-state index contributed by atoms with van der Waals surface area (Å²) in [4.78, 5) is 0. The summed E-state index contributed by atoms with van der Waals surface area (Å²) < 4.78 is 75.6. The van der Waals surface area contributed by atoms with E-state index in [9.17, 15) is 26.3 Å². The number of alkyl halides is 6. The Morgan fingerprint density at radius 1 is 0.717 bits per heavy atom. The van der Waals surface area contributed by atoms with Crippen LogP contribution in [0.25, 0.3) is 11.1 Å². The van der Waals surface area contributed by atoms with E-state index in [2.05, 4.69) is 97.9 Å². The molecule has 1 atom stereocenters. The first-order chi connectivity index (χ1) is 23.7. The largest absolute Gasteiger partial charge is 1.00 e. The van der Waals surface area contributed by atoms with Crippen molar-refractivity contribution in [2.75, 3.05) is 0 Å². The minimum atomic E-state index is -4.41. The Morgan fingerprint density at radius 3 is 1.62 bits per heavy atom. The van der Waals surface area contributed by atoms with Gasteiger partial charge in [-0.15, -0.1) is 11.1 Å². The average Bonchev–Trinajstić information content (AvgIpc) is 3.66. The van der Waals surface area contributed by atoms with Gasteiger partial charge in [-0.25, -0.2) is 6.08 Å². The smallest absolute Gasteiger partial charge is 1.00 e. The maximum absolute atomic E-state index is 12.5. The summed E-state index contributed by atoms with van der Waals surface area (Å²) in [6.45, 7) is 17.7. The van der Waals surface area contributed by atoms with Crippen LogP contribution < -0.4 is 24.8 Å². The monoisotopic (exact) mass is 846 g/mol. The van der Waals surface area contributed by atoms with Crippen LogP contribution in [-0.4, -0.2) is 3.21 Å². The Kier molecular flexibility index (Phi) is 16.4. The first-order valence-electron chi connectivity index (χ1n) is 17.1. The van der Waals surface area contributed by atoms with Crippen LogP contribution in [0.2, 0.25) is 0 Å². The average molecular weight is 849 g/mol. The maximum Gasteiger partial charge on any atom is -1.00 e. The van der Waals surface area contributed by atoms with Gasteiger partial charge in [-0.3, -0.25) is 6.08 Å². The number of halogens is 8. The molecule has 1 unspecified atom stereocenters. The molecule has 2 aliphatic carbocycles. The summed E-state index contributed by atoms with van der Waals surface area (Å²) in [6.07, 6.45) is 2.66. The van der Waals surface area contributed by atoms with Crippen molar-refractivity contribution in [2.45, 2.75) is 87.0 Å². The van der Waals surface area contributed by atoms with Crippen LogP contribution >= 0.6 is 0 Å². The summed E-state index contributed by atoms with van der Waals surface area (Å²) in [7, 11) is 0. The molecule has 0 N–H and O–H groups in total. The first-order valence-corrected chi connectivity index (χ1v) is 18.3. The van der Waals surface area contributed by atoms with Crippen molar-refractivity contribution < 1.29 is 75.4 Å². The maximum atomic E-state index is 12.5. The minimum absolute atomic E-state index is 0. The number of hydrogen-bond donors (Lipinski definition) is 0. The third kappa shape index (κ3) is 12.1. The van der Waals surface area contributed by atoms with E-state index in [4.69, 9.17) is 0 Å². The van der Waals surface area contributed by atoms with Crippen LogP contribution in [0.15, 0.2) is 84.5 Å². The van der Waals surface area contributed by atoms with Crippen molar-refractivity contribution in [1.82, 2.24) is 0 Å². The van der Waals surface area contributed by atoms with Gasteiger partial charge in [0.25, 0.3) is 0 Å². The van der Waals surface area contributed by atoms with Gasteiger partial charge in [0.15, 0.2) is 0 Å². The molecule has 0 amide bonds. The van der Waals surface area contributed by atoms with Crippen LogP contribution in [0.4, 0.5) is 26.3 Å². The Bertz CT molecular complexity index is 1810. The second kappa shape index (κ2) is 18.7. The molecule has 0 aliphatic heterocycles. The number of rotatable bonds is 4. The van der Waals surface area contributed by atoms with E-state index in [1.54, 1.807) is 0 Å². The quantitative estimate of drug-likeness (QED) is 0.137. The Morgan fingerprint density at radius 2 is 1.19 bits per heavy atom. The summed E-state index contributed by atoms with van der Waals surface area (Å²) in [5.74, 6) is 0.587. The van der Waals surface area contributed by atoms with Crippen LogP contribution in [-0.2, 0) is 43.0 Å². The Labute approximate surface area is 338 Å². The standard InChI is InChI=1S/C17H17.C15H8F6.C12H19.2ClH.Zr/c1-10-5-14-9-15-6-11(2)13(4)8-17(15)16(14)7-12(10)3;16-14(17,18)12-5-1-10(2-6-12)9-11-3-7-13(8-4-11)15(19,20)21;1-5-6-10-7-8-11(9-10)12(2,3)4;;;/h5,7-8H,9H2,1-4H3;1-8H;8-10H,5-6H2,1-4H3;2*1H;/q-1;;-1;;;+2/p-2. The molecule has 0 radical (unpaired) electrons. The summed E-state index contributed by atoms with van der Waals surface area (Å²) >= 11 is 0.898. The minimum Gasteiger partial charge on any atom is -1.00 e. The van der Waals surface area contributed by atoms with E-state index in [-0.39, 0.29) is 24.8 Å². The van der Waals surface area contributed by atoms with E-state index in [1.807, 2.05) is 0 Å². The van der Waals surface area contributed by atoms with E-state index >= 15 is 0 Å². The third-order valence-electron chi connectivity index (χ3n) is 9.29. The summed E-state index contributed by atoms with van der Waals surface area (Å²) in [5, 5.41) is 0. The number of benzene rings is 4. The molecule has 0 fully saturated rings. The number of aryl methyl sites for hydroxylation is 4. The number of fused-ring (bicyclic) bond motifs is 3. The predicted octanol–water partition coefficient (Wildman–Crippen LogP) is 6.89. The number of hydrogen-bond acceptors (Lipinski definition) is 0. The van der Waals surface area contributed by atoms with Crippen molar-refractivity contribution in [3.63, 3.8) is 0 Å². The molecule has 4 aromatic rings. The van der Waals surface area contributed by atoms with Crippen molar-refractivity contribution in [2.24, 2.45) is 11.3 Å². The van der Waals surface area contributed by atoms with Crippen LogP contribution in [0.5, 0.6) is 0 Å². The molecule has 6 rings (SSSR count). The van der Waals surface area contributed by atoms with Gasteiger partial charge in [0, 0.05) is 0 Å². The Hall–Kier alpha value is -2.73. The fraction of sp³-hybridized carbons (Fsp3) is 0.341. The van der Waals surface area contributed by atoms with Gasteiger partial charge in [-0.05, 0) is 37.0 Å². The van der Waals surface area contributed by atoms with Crippen LogP contribution in [0.1, 0.15) is 96.2 Å². The molecule has 0 heterocycles.